The van der Waals surface area contributed by atoms with Crippen molar-refractivity contribution >= 4 is 27.7 Å². The van der Waals surface area contributed by atoms with E-state index in [1.54, 1.807) is 12.2 Å². The molecule has 0 aromatic carbocycles. The topological polar surface area (TPSA) is 70.1 Å². The fourth-order valence-electron chi connectivity index (χ4n) is 1.05. The third-order valence-corrected chi connectivity index (χ3v) is 2.17. The largest absolute Gasteiger partial charge is 0.619 e. The summed E-state index contributed by atoms with van der Waals surface area (Å²) in [4.78, 5) is 10.1. The highest BCUT2D eigenvalue weighted by Crippen LogP contribution is 2.17. The number of allylic oxidation sites excluding steroid dienone is 1. The van der Waals surface area contributed by atoms with Crippen molar-refractivity contribution < 1.29 is 9.65 Å². The molecule has 15 heavy (non-hydrogen) atoms. The number of nitro groups is 1. The molecular weight excluding hydrogens is 264 g/mol. The van der Waals surface area contributed by atoms with E-state index >= 15 is 0 Å². The summed E-state index contributed by atoms with van der Waals surface area (Å²) in [6, 6.07) is 1.20. The van der Waals surface area contributed by atoms with Crippen molar-refractivity contribution in [1.29, 1.82) is 0 Å². The summed E-state index contributed by atoms with van der Waals surface area (Å²) in [5, 5.41) is 22.3. The summed E-state index contributed by atoms with van der Waals surface area (Å²) in [6.45, 7) is 0. The molecule has 0 N–H and O–H groups in total. The van der Waals surface area contributed by atoms with Crippen LogP contribution in [0.25, 0.3) is 6.08 Å². The molecule has 0 aliphatic heterocycles. The van der Waals surface area contributed by atoms with E-state index in [4.69, 9.17) is 0 Å². The van der Waals surface area contributed by atoms with Gasteiger partial charge in [-0.2, -0.15) is 4.73 Å². The standard InChI is InChI=1S/C9H9BrN2O3/c10-5-2-1-3-8-7-11(13)6-4-9(8)12(14)15/h1,3-4,6-7H,2,5H2. The molecule has 80 valence electrons. The second kappa shape index (κ2) is 5.45. The molecule has 0 aliphatic carbocycles. The zero-order valence-electron chi connectivity index (χ0n) is 7.80. The lowest BCUT2D eigenvalue weighted by molar-refractivity contribution is -0.606. The Bertz CT molecular complexity index is 393. The molecule has 0 aliphatic rings. The van der Waals surface area contributed by atoms with Crippen LogP contribution in [-0.4, -0.2) is 10.3 Å². The first-order chi connectivity index (χ1) is 7.15. The fraction of sp³-hybridized carbons (Fsp3) is 0.222. The average molecular weight is 273 g/mol. The van der Waals surface area contributed by atoms with Gasteiger partial charge in [0.1, 0.15) is 5.56 Å². The number of aromatic nitrogens is 1. The minimum absolute atomic E-state index is 0.0621. The Morgan fingerprint density at radius 3 is 2.93 bits per heavy atom. The summed E-state index contributed by atoms with van der Waals surface area (Å²) in [5.41, 5.74) is 0.256. The Labute approximate surface area is 94.9 Å². The van der Waals surface area contributed by atoms with E-state index in [1.165, 1.54) is 12.3 Å². The molecule has 0 saturated heterocycles. The number of hydrogen-bond donors (Lipinski definition) is 0. The van der Waals surface area contributed by atoms with Crippen LogP contribution in [0.5, 0.6) is 0 Å². The Kier molecular flexibility index (Phi) is 4.23. The van der Waals surface area contributed by atoms with Crippen LogP contribution in [-0.2, 0) is 0 Å². The lowest BCUT2D eigenvalue weighted by atomic mass is 10.2. The average Bonchev–Trinajstić information content (AvgIpc) is 2.18. The van der Waals surface area contributed by atoms with Gasteiger partial charge in [-0.1, -0.05) is 22.0 Å². The summed E-state index contributed by atoms with van der Waals surface area (Å²) < 4.78 is 0.542. The van der Waals surface area contributed by atoms with E-state index in [0.29, 0.717) is 10.3 Å². The second-order valence-electron chi connectivity index (χ2n) is 2.78. The molecule has 1 heterocycles. The molecule has 1 aromatic rings. The van der Waals surface area contributed by atoms with Gasteiger partial charge in [0.05, 0.1) is 11.0 Å². The molecule has 1 rings (SSSR count). The molecule has 0 radical (unpaired) electrons. The predicted molar refractivity (Wildman–Crippen MR) is 59.5 cm³/mol. The molecule has 0 bridgehead atoms. The van der Waals surface area contributed by atoms with Crippen molar-refractivity contribution in [3.8, 4) is 0 Å². The molecule has 0 fully saturated rings. The van der Waals surface area contributed by atoms with Crippen molar-refractivity contribution in [3.05, 3.63) is 45.4 Å². The molecule has 0 unspecified atom stereocenters. The van der Waals surface area contributed by atoms with E-state index in [-0.39, 0.29) is 5.69 Å². The van der Waals surface area contributed by atoms with Crippen molar-refractivity contribution in [2.24, 2.45) is 0 Å². The Morgan fingerprint density at radius 1 is 1.60 bits per heavy atom. The van der Waals surface area contributed by atoms with Gasteiger partial charge in [-0.05, 0) is 12.5 Å². The third-order valence-electron chi connectivity index (χ3n) is 1.71. The smallest absolute Gasteiger partial charge is 0.288 e. The lowest BCUT2D eigenvalue weighted by Gasteiger charge is -1.98. The van der Waals surface area contributed by atoms with E-state index in [2.05, 4.69) is 15.9 Å². The van der Waals surface area contributed by atoms with E-state index in [0.717, 1.165) is 17.9 Å². The highest BCUT2D eigenvalue weighted by molar-refractivity contribution is 9.09. The van der Waals surface area contributed by atoms with E-state index in [9.17, 15) is 15.3 Å². The van der Waals surface area contributed by atoms with Crippen LogP contribution in [0.4, 0.5) is 5.69 Å². The summed E-state index contributed by atoms with van der Waals surface area (Å²) in [7, 11) is 0. The Hall–Kier alpha value is -1.43. The van der Waals surface area contributed by atoms with Crippen LogP contribution >= 0.6 is 15.9 Å². The number of nitrogens with zero attached hydrogens (tertiary/aromatic N) is 2. The third kappa shape index (κ3) is 3.32. The van der Waals surface area contributed by atoms with Crippen LogP contribution in [0.2, 0.25) is 0 Å². The Morgan fingerprint density at radius 2 is 2.33 bits per heavy atom. The molecule has 0 spiro atoms. The van der Waals surface area contributed by atoms with Gasteiger partial charge >= 0.3 is 0 Å². The summed E-state index contributed by atoms with van der Waals surface area (Å²) in [6.07, 6.45) is 6.40. The zero-order chi connectivity index (χ0) is 11.3. The summed E-state index contributed by atoms with van der Waals surface area (Å²) in [5.74, 6) is 0. The molecule has 0 saturated carbocycles. The van der Waals surface area contributed by atoms with Gasteiger partial charge in [0.25, 0.3) is 5.69 Å². The monoisotopic (exact) mass is 272 g/mol. The maximum atomic E-state index is 10.9. The number of pyridine rings is 1. The molecular formula is C9H9BrN2O3. The second-order valence-corrected chi connectivity index (χ2v) is 3.58. The molecule has 6 heteroatoms. The SMILES string of the molecule is O=[N+]([O-])c1cc[n+]([O-])cc1C=CCCBr. The van der Waals surface area contributed by atoms with Crippen LogP contribution in [0.3, 0.4) is 0 Å². The predicted octanol–water partition coefficient (Wildman–Crippen LogP) is 2.03. The van der Waals surface area contributed by atoms with Gasteiger partial charge < -0.3 is 5.21 Å². The van der Waals surface area contributed by atoms with E-state index < -0.39 is 4.92 Å². The van der Waals surface area contributed by atoms with Crippen molar-refractivity contribution in [3.63, 3.8) is 0 Å². The van der Waals surface area contributed by atoms with Crippen molar-refractivity contribution in [2.75, 3.05) is 5.33 Å². The van der Waals surface area contributed by atoms with E-state index in [1.807, 2.05) is 0 Å². The van der Waals surface area contributed by atoms with Gasteiger partial charge in [0.15, 0.2) is 12.4 Å². The van der Waals surface area contributed by atoms with Gasteiger partial charge in [-0.15, -0.1) is 0 Å². The first-order valence-corrected chi connectivity index (χ1v) is 5.37. The molecule has 0 atom stereocenters. The first-order valence-electron chi connectivity index (χ1n) is 4.25. The number of hydrogen-bond acceptors (Lipinski definition) is 3. The lowest BCUT2D eigenvalue weighted by Crippen LogP contribution is -2.24. The maximum Gasteiger partial charge on any atom is 0.288 e. The highest BCUT2D eigenvalue weighted by Gasteiger charge is 2.13. The van der Waals surface area contributed by atoms with Crippen molar-refractivity contribution in [2.45, 2.75) is 6.42 Å². The van der Waals surface area contributed by atoms with Crippen LogP contribution in [0, 0.1) is 15.3 Å². The number of halogens is 1. The molecule has 5 nitrogen and oxygen atoms in total. The van der Waals surface area contributed by atoms with Crippen LogP contribution in [0.1, 0.15) is 12.0 Å². The number of rotatable bonds is 4. The Balaban J connectivity index is 3.02. The first kappa shape index (κ1) is 11.6. The molecule has 0 amide bonds. The van der Waals surface area contributed by atoms with Crippen LogP contribution < -0.4 is 4.73 Å². The minimum atomic E-state index is -0.506. The van der Waals surface area contributed by atoms with Gasteiger partial charge in [0, 0.05) is 5.33 Å². The normalized spacial score (nSPS) is 10.7. The van der Waals surface area contributed by atoms with Gasteiger partial charge in [-0.25, -0.2) is 0 Å². The minimum Gasteiger partial charge on any atom is -0.619 e. The maximum absolute atomic E-state index is 10.9. The van der Waals surface area contributed by atoms with Gasteiger partial charge in [-0.3, -0.25) is 10.1 Å². The fourth-order valence-corrected chi connectivity index (χ4v) is 1.32. The number of alkyl halides is 1. The van der Waals surface area contributed by atoms with Crippen LogP contribution in [0.15, 0.2) is 24.5 Å². The summed E-state index contributed by atoms with van der Waals surface area (Å²) >= 11 is 3.23. The zero-order valence-corrected chi connectivity index (χ0v) is 9.38. The molecule has 1 aromatic heterocycles. The van der Waals surface area contributed by atoms with Gasteiger partial charge in [0.2, 0.25) is 0 Å². The quantitative estimate of drug-likeness (QED) is 0.277. The highest BCUT2D eigenvalue weighted by atomic mass is 79.9. The van der Waals surface area contributed by atoms with Crippen molar-refractivity contribution in [1.82, 2.24) is 0 Å².